The number of carbonyl (C=O) groups is 4. The molecule has 0 saturated heterocycles. The Hall–Kier alpha value is -5.53. The highest BCUT2D eigenvalue weighted by molar-refractivity contribution is 6.07. The van der Waals surface area contributed by atoms with Gasteiger partial charge in [0.2, 0.25) is 0 Å². The summed E-state index contributed by atoms with van der Waals surface area (Å²) in [6.45, 7) is 0. The summed E-state index contributed by atoms with van der Waals surface area (Å²) in [6.07, 6.45) is 1.35. The van der Waals surface area contributed by atoms with E-state index in [1.807, 2.05) is 0 Å². The number of rotatable bonds is 12. The van der Waals surface area contributed by atoms with Gasteiger partial charge in [-0.2, -0.15) is 5.10 Å². The summed E-state index contributed by atoms with van der Waals surface area (Å²) in [5.41, 5.74) is -0.586. The highest BCUT2D eigenvalue weighted by Gasteiger charge is 2.39. The van der Waals surface area contributed by atoms with Gasteiger partial charge in [0, 0.05) is 5.56 Å². The predicted molar refractivity (Wildman–Crippen MR) is 154 cm³/mol. The van der Waals surface area contributed by atoms with Crippen LogP contribution in [0.25, 0.3) is 17.3 Å². The minimum Gasteiger partial charge on any atom is -0.493 e. The summed E-state index contributed by atoms with van der Waals surface area (Å²) in [6, 6.07) is 7.63. The maximum Gasteiger partial charge on any atom is 0.359 e. The summed E-state index contributed by atoms with van der Waals surface area (Å²) in [5, 5.41) is 4.31. The Bertz CT molecular complexity index is 1590. The lowest BCUT2D eigenvalue weighted by atomic mass is 10.0. The molecule has 44 heavy (non-hydrogen) atoms. The SMILES string of the molecule is COC(=O)C(=Cc1ccc(OC)c(OC)c1)C(C(=O)OC)n1nc(C(=O)OC)c(C(=O)OC)c1-c1ccc(OC)c(OC)c1. The van der Waals surface area contributed by atoms with Crippen LogP contribution in [0.3, 0.4) is 0 Å². The van der Waals surface area contributed by atoms with Crippen molar-refractivity contribution in [2.45, 2.75) is 6.04 Å². The number of ether oxygens (including phenoxy) is 8. The van der Waals surface area contributed by atoms with E-state index < -0.39 is 35.6 Å². The molecule has 14 heteroatoms. The molecule has 0 aliphatic rings. The maximum absolute atomic E-state index is 13.5. The fraction of sp³-hybridized carbons (Fsp3) is 0.300. The van der Waals surface area contributed by atoms with Crippen molar-refractivity contribution in [3.8, 4) is 34.3 Å². The van der Waals surface area contributed by atoms with E-state index >= 15 is 0 Å². The van der Waals surface area contributed by atoms with Gasteiger partial charge in [-0.3, -0.25) is 0 Å². The van der Waals surface area contributed by atoms with Gasteiger partial charge in [-0.1, -0.05) is 6.07 Å². The molecule has 3 rings (SSSR count). The van der Waals surface area contributed by atoms with Crippen LogP contribution in [-0.2, 0) is 28.5 Å². The highest BCUT2D eigenvalue weighted by Crippen LogP contribution is 2.38. The second-order valence-electron chi connectivity index (χ2n) is 8.70. The van der Waals surface area contributed by atoms with Crippen molar-refractivity contribution in [1.82, 2.24) is 9.78 Å². The number of esters is 4. The Kier molecular flexibility index (Phi) is 10.9. The first kappa shape index (κ1) is 33.0. The van der Waals surface area contributed by atoms with E-state index in [0.717, 1.165) is 33.1 Å². The first-order valence-corrected chi connectivity index (χ1v) is 12.8. The Morgan fingerprint density at radius 2 is 1.25 bits per heavy atom. The number of hydrogen-bond donors (Lipinski definition) is 0. The lowest BCUT2D eigenvalue weighted by Crippen LogP contribution is -2.29. The van der Waals surface area contributed by atoms with Gasteiger partial charge in [0.15, 0.2) is 34.7 Å². The molecule has 14 nitrogen and oxygen atoms in total. The van der Waals surface area contributed by atoms with Crippen LogP contribution >= 0.6 is 0 Å². The quantitative estimate of drug-likeness (QED) is 0.167. The standard InChI is InChI=1S/C30H32N2O12/c1-37-19-11-9-16(14-21(19)39-3)13-18(27(33)41-5)26(30(36)44-8)32-25(17-10-12-20(38-2)22(15-17)40-4)23(28(34)42-6)24(31-32)29(35)43-7/h9-15,26H,1-8H3. The largest absolute Gasteiger partial charge is 0.493 e. The smallest absolute Gasteiger partial charge is 0.359 e. The summed E-state index contributed by atoms with van der Waals surface area (Å²) in [5.74, 6) is -2.57. The van der Waals surface area contributed by atoms with Crippen LogP contribution in [0.4, 0.5) is 0 Å². The molecule has 1 unspecified atom stereocenters. The van der Waals surface area contributed by atoms with E-state index in [4.69, 9.17) is 37.9 Å². The molecule has 2 aromatic carbocycles. The van der Waals surface area contributed by atoms with Crippen LogP contribution < -0.4 is 18.9 Å². The third-order valence-corrected chi connectivity index (χ3v) is 6.45. The monoisotopic (exact) mass is 612 g/mol. The molecule has 0 aliphatic carbocycles. The van der Waals surface area contributed by atoms with Crippen molar-refractivity contribution in [3.05, 3.63) is 58.8 Å². The average molecular weight is 613 g/mol. The number of hydrogen-bond acceptors (Lipinski definition) is 13. The van der Waals surface area contributed by atoms with Gasteiger partial charge >= 0.3 is 23.9 Å². The van der Waals surface area contributed by atoms with Crippen LogP contribution in [0, 0.1) is 0 Å². The number of nitrogens with zero attached hydrogens (tertiary/aromatic N) is 2. The Balaban J connectivity index is 2.50. The Morgan fingerprint density at radius 1 is 0.682 bits per heavy atom. The summed E-state index contributed by atoms with van der Waals surface area (Å²) < 4.78 is 42.4. The van der Waals surface area contributed by atoms with E-state index in [0.29, 0.717) is 22.8 Å². The van der Waals surface area contributed by atoms with Gasteiger partial charge in [-0.15, -0.1) is 0 Å². The van der Waals surface area contributed by atoms with Crippen LogP contribution in [0.15, 0.2) is 42.0 Å². The number of benzene rings is 2. The fourth-order valence-corrected chi connectivity index (χ4v) is 4.38. The Labute approximate surface area is 252 Å². The van der Waals surface area contributed by atoms with Crippen LogP contribution in [0.5, 0.6) is 23.0 Å². The van der Waals surface area contributed by atoms with Gasteiger partial charge in [0.1, 0.15) is 5.56 Å². The minimum absolute atomic E-state index is 0.101. The molecule has 0 radical (unpaired) electrons. The van der Waals surface area contributed by atoms with Gasteiger partial charge in [-0.25, -0.2) is 23.9 Å². The second kappa shape index (κ2) is 14.6. The van der Waals surface area contributed by atoms with Gasteiger partial charge in [0.25, 0.3) is 0 Å². The lowest BCUT2D eigenvalue weighted by molar-refractivity contribution is -0.146. The molecular formula is C30H32N2O12. The molecule has 234 valence electrons. The zero-order valence-corrected chi connectivity index (χ0v) is 25.4. The lowest BCUT2D eigenvalue weighted by Gasteiger charge is -2.21. The predicted octanol–water partition coefficient (Wildman–Crippen LogP) is 3.13. The molecule has 0 aliphatic heterocycles. The molecular weight excluding hydrogens is 580 g/mol. The van der Waals surface area contributed by atoms with Crippen LogP contribution in [0.2, 0.25) is 0 Å². The number of carbonyl (C=O) groups excluding carboxylic acids is 4. The molecule has 1 atom stereocenters. The molecule has 1 aromatic heterocycles. The summed E-state index contributed by atoms with van der Waals surface area (Å²) in [4.78, 5) is 53.0. The minimum atomic E-state index is -1.70. The van der Waals surface area contributed by atoms with Crippen LogP contribution in [-0.4, -0.2) is 90.5 Å². The maximum atomic E-state index is 13.5. The van der Waals surface area contributed by atoms with E-state index in [2.05, 4.69) is 5.10 Å². The van der Waals surface area contributed by atoms with Gasteiger partial charge in [0.05, 0.1) is 68.1 Å². The van der Waals surface area contributed by atoms with Crippen LogP contribution in [0.1, 0.15) is 32.5 Å². The van der Waals surface area contributed by atoms with E-state index in [1.54, 1.807) is 18.2 Å². The normalized spacial score (nSPS) is 11.6. The van der Waals surface area contributed by atoms with E-state index in [1.165, 1.54) is 52.7 Å². The fourth-order valence-electron chi connectivity index (χ4n) is 4.38. The molecule has 0 fully saturated rings. The van der Waals surface area contributed by atoms with E-state index in [9.17, 15) is 19.2 Å². The zero-order valence-electron chi connectivity index (χ0n) is 25.4. The molecule has 0 spiro atoms. The van der Waals surface area contributed by atoms with Crippen molar-refractivity contribution in [3.63, 3.8) is 0 Å². The van der Waals surface area contributed by atoms with Gasteiger partial charge in [-0.05, 0) is 42.0 Å². The summed E-state index contributed by atoms with van der Waals surface area (Å²) >= 11 is 0. The molecule has 0 bridgehead atoms. The molecule has 0 saturated carbocycles. The molecule has 3 aromatic rings. The highest BCUT2D eigenvalue weighted by atomic mass is 16.5. The summed E-state index contributed by atoms with van der Waals surface area (Å²) in [7, 11) is 10.2. The number of aromatic nitrogens is 2. The Morgan fingerprint density at radius 3 is 1.77 bits per heavy atom. The van der Waals surface area contributed by atoms with E-state index in [-0.39, 0.29) is 28.1 Å². The molecule has 0 N–H and O–H groups in total. The second-order valence-corrected chi connectivity index (χ2v) is 8.70. The number of methoxy groups -OCH3 is 8. The zero-order chi connectivity index (χ0) is 32.6. The first-order valence-electron chi connectivity index (χ1n) is 12.8. The van der Waals surface area contributed by atoms with Crippen molar-refractivity contribution in [2.75, 3.05) is 56.9 Å². The molecule has 1 heterocycles. The topological polar surface area (TPSA) is 160 Å². The third-order valence-electron chi connectivity index (χ3n) is 6.45. The van der Waals surface area contributed by atoms with Gasteiger partial charge < -0.3 is 37.9 Å². The molecule has 0 amide bonds. The van der Waals surface area contributed by atoms with Crippen molar-refractivity contribution in [2.24, 2.45) is 0 Å². The van der Waals surface area contributed by atoms with Crippen molar-refractivity contribution in [1.29, 1.82) is 0 Å². The van der Waals surface area contributed by atoms with Crippen molar-refractivity contribution < 1.29 is 57.1 Å². The van der Waals surface area contributed by atoms with Crippen molar-refractivity contribution >= 4 is 30.0 Å². The first-order chi connectivity index (χ1) is 21.1. The average Bonchev–Trinajstić information content (AvgIpc) is 3.46. The third kappa shape index (κ3) is 6.43.